The van der Waals surface area contributed by atoms with Crippen molar-refractivity contribution in [3.05, 3.63) is 29.5 Å². The van der Waals surface area contributed by atoms with Gasteiger partial charge in [-0.25, -0.2) is 4.63 Å². The smallest absolute Gasteiger partial charge is 0.262 e. The zero-order valence-electron chi connectivity index (χ0n) is 10.3. The Morgan fingerprint density at radius 2 is 2.25 bits per heavy atom. The lowest BCUT2D eigenvalue weighted by Gasteiger charge is -2.18. The minimum atomic E-state index is -0.257. The van der Waals surface area contributed by atoms with Gasteiger partial charge in [-0.05, 0) is 23.4 Å². The lowest BCUT2D eigenvalue weighted by Crippen LogP contribution is -2.25. The van der Waals surface area contributed by atoms with E-state index in [0.717, 1.165) is 0 Å². The lowest BCUT2D eigenvalue weighted by atomic mass is 10.0. The van der Waals surface area contributed by atoms with Crippen LogP contribution in [0.5, 0.6) is 5.75 Å². The van der Waals surface area contributed by atoms with E-state index in [2.05, 4.69) is 20.3 Å². The van der Waals surface area contributed by atoms with Crippen LogP contribution in [0.15, 0.2) is 22.8 Å². The van der Waals surface area contributed by atoms with Gasteiger partial charge in [0.25, 0.3) is 5.91 Å². The van der Waals surface area contributed by atoms with Crippen LogP contribution in [0.4, 0.5) is 11.5 Å². The molecule has 0 aliphatic carbocycles. The highest BCUT2D eigenvalue weighted by Gasteiger charge is 2.19. The van der Waals surface area contributed by atoms with Gasteiger partial charge in [0.1, 0.15) is 11.4 Å². The number of ether oxygens (including phenoxy) is 1. The second kappa shape index (κ2) is 4.65. The first-order valence-corrected chi connectivity index (χ1v) is 5.80. The van der Waals surface area contributed by atoms with Crippen LogP contribution in [0.1, 0.15) is 16.1 Å². The number of carbonyl (C=O) groups excluding carboxylic acids is 2. The van der Waals surface area contributed by atoms with Crippen molar-refractivity contribution in [2.24, 2.45) is 0 Å². The number of nitrogens with one attached hydrogen (secondary N) is 1. The van der Waals surface area contributed by atoms with Crippen molar-refractivity contribution in [2.45, 2.75) is 6.42 Å². The number of hydrogen-bond donors (Lipinski definition) is 2. The molecule has 0 bridgehead atoms. The maximum atomic E-state index is 12.1. The highest BCUT2D eigenvalue weighted by molar-refractivity contribution is 6.01. The third-order valence-corrected chi connectivity index (χ3v) is 2.85. The van der Waals surface area contributed by atoms with Crippen LogP contribution in [-0.2, 0) is 11.2 Å². The quantitative estimate of drug-likeness (QED) is 0.777. The second-order valence-electron chi connectivity index (χ2n) is 4.24. The van der Waals surface area contributed by atoms with Gasteiger partial charge < -0.3 is 15.8 Å². The number of aromatic nitrogens is 2. The third kappa shape index (κ3) is 2.18. The van der Waals surface area contributed by atoms with Crippen LogP contribution >= 0.6 is 0 Å². The Morgan fingerprint density at radius 1 is 1.40 bits per heavy atom. The number of anilines is 2. The number of benzene rings is 1. The molecule has 0 saturated carbocycles. The van der Waals surface area contributed by atoms with Crippen LogP contribution in [0.25, 0.3) is 0 Å². The maximum Gasteiger partial charge on any atom is 0.262 e. The fourth-order valence-electron chi connectivity index (χ4n) is 1.85. The number of rotatable bonds is 3. The van der Waals surface area contributed by atoms with E-state index in [9.17, 15) is 9.59 Å². The van der Waals surface area contributed by atoms with Crippen LogP contribution in [0, 0.1) is 0 Å². The molecule has 1 aromatic heterocycles. The van der Waals surface area contributed by atoms with Gasteiger partial charge in [-0.3, -0.25) is 9.59 Å². The van der Waals surface area contributed by atoms with Crippen molar-refractivity contribution >= 4 is 23.2 Å². The van der Waals surface area contributed by atoms with E-state index in [0.29, 0.717) is 17.0 Å². The second-order valence-corrected chi connectivity index (χ2v) is 4.24. The van der Waals surface area contributed by atoms with Gasteiger partial charge in [0.2, 0.25) is 0 Å². The summed E-state index contributed by atoms with van der Waals surface area (Å²) < 4.78 is 9.65. The normalized spacial score (nSPS) is 13.3. The Kier molecular flexibility index (Phi) is 2.82. The highest BCUT2D eigenvalue weighted by atomic mass is 16.6. The highest BCUT2D eigenvalue weighted by Crippen LogP contribution is 2.28. The molecule has 0 unspecified atom stereocenters. The zero-order chi connectivity index (χ0) is 14.1. The van der Waals surface area contributed by atoms with Gasteiger partial charge in [0.05, 0.1) is 12.1 Å². The van der Waals surface area contributed by atoms with Gasteiger partial charge in [0, 0.05) is 5.56 Å². The minimum absolute atomic E-state index is 0.0249. The minimum Gasteiger partial charge on any atom is -0.482 e. The molecule has 8 heteroatoms. The molecule has 3 N–H and O–H groups in total. The van der Waals surface area contributed by atoms with E-state index in [-0.39, 0.29) is 36.2 Å². The van der Waals surface area contributed by atoms with Crippen molar-refractivity contribution in [3.63, 3.8) is 0 Å². The predicted molar refractivity (Wildman–Crippen MR) is 67.3 cm³/mol. The monoisotopic (exact) mass is 274 g/mol. The topological polar surface area (TPSA) is 120 Å². The molecular formula is C12H10N4O4. The van der Waals surface area contributed by atoms with Crippen molar-refractivity contribution < 1.29 is 19.0 Å². The summed E-state index contributed by atoms with van der Waals surface area (Å²) in [6.07, 6.45) is -0.0249. The van der Waals surface area contributed by atoms with Crippen LogP contribution in [0.3, 0.4) is 0 Å². The molecule has 0 fully saturated rings. The molecule has 1 aromatic carbocycles. The SMILES string of the molecule is Nc1nonc1CC(=O)c1ccc2c(c1)NC(=O)CO2. The molecule has 8 nitrogen and oxygen atoms in total. The summed E-state index contributed by atoms with van der Waals surface area (Å²) in [7, 11) is 0. The Labute approximate surface area is 112 Å². The summed E-state index contributed by atoms with van der Waals surface area (Å²) in [5.41, 5.74) is 6.67. The number of hydrogen-bond acceptors (Lipinski definition) is 7. The van der Waals surface area contributed by atoms with Crippen LogP contribution < -0.4 is 15.8 Å². The number of nitrogens with zero attached hydrogens (tertiary/aromatic N) is 2. The van der Waals surface area contributed by atoms with Crippen molar-refractivity contribution in [2.75, 3.05) is 17.7 Å². The lowest BCUT2D eigenvalue weighted by molar-refractivity contribution is -0.118. The molecule has 2 heterocycles. The van der Waals surface area contributed by atoms with Gasteiger partial charge >= 0.3 is 0 Å². The Morgan fingerprint density at radius 3 is 3.00 bits per heavy atom. The zero-order valence-corrected chi connectivity index (χ0v) is 10.3. The largest absolute Gasteiger partial charge is 0.482 e. The van der Waals surface area contributed by atoms with Crippen molar-refractivity contribution in [1.82, 2.24) is 10.3 Å². The molecule has 1 aliphatic rings. The molecule has 2 aromatic rings. The predicted octanol–water partition coefficient (Wildman–Crippen LogP) is 0.408. The number of nitrogen functional groups attached to an aromatic ring is 1. The van der Waals surface area contributed by atoms with Crippen molar-refractivity contribution in [3.8, 4) is 5.75 Å². The van der Waals surface area contributed by atoms with Gasteiger partial charge in [-0.2, -0.15) is 0 Å². The van der Waals surface area contributed by atoms with E-state index >= 15 is 0 Å². The van der Waals surface area contributed by atoms with E-state index in [1.807, 2.05) is 0 Å². The van der Waals surface area contributed by atoms with Crippen LogP contribution in [0.2, 0.25) is 0 Å². The number of nitrogens with two attached hydrogens (primary N) is 1. The van der Waals surface area contributed by atoms with Crippen molar-refractivity contribution in [1.29, 1.82) is 0 Å². The number of fused-ring (bicyclic) bond motifs is 1. The summed E-state index contributed by atoms with van der Waals surface area (Å²) in [4.78, 5) is 23.4. The third-order valence-electron chi connectivity index (χ3n) is 2.85. The fraction of sp³-hybridized carbons (Fsp3) is 0.167. The first-order chi connectivity index (χ1) is 9.63. The molecule has 1 aliphatic heterocycles. The molecule has 0 radical (unpaired) electrons. The van der Waals surface area contributed by atoms with Gasteiger partial charge in [0.15, 0.2) is 18.2 Å². The first-order valence-electron chi connectivity index (χ1n) is 5.80. The average molecular weight is 274 g/mol. The summed E-state index contributed by atoms with van der Waals surface area (Å²) in [6.45, 7) is -0.0264. The van der Waals surface area contributed by atoms with E-state index in [1.54, 1.807) is 18.2 Å². The van der Waals surface area contributed by atoms with Crippen LogP contribution in [-0.4, -0.2) is 28.6 Å². The summed E-state index contributed by atoms with van der Waals surface area (Å²) in [5.74, 6) is 0.152. The van der Waals surface area contributed by atoms with E-state index in [1.165, 1.54) is 0 Å². The fourth-order valence-corrected chi connectivity index (χ4v) is 1.85. The number of carbonyl (C=O) groups is 2. The molecule has 0 atom stereocenters. The average Bonchev–Trinajstić information content (AvgIpc) is 2.83. The molecule has 102 valence electrons. The van der Waals surface area contributed by atoms with E-state index in [4.69, 9.17) is 10.5 Å². The number of ketones is 1. The number of amides is 1. The number of Topliss-reactive ketones (excluding diaryl/α,β-unsaturated/α-hetero) is 1. The summed E-state index contributed by atoms with van der Waals surface area (Å²) >= 11 is 0. The van der Waals surface area contributed by atoms with Gasteiger partial charge in [-0.15, -0.1) is 0 Å². The Bertz CT molecular complexity index is 695. The Balaban J connectivity index is 1.84. The maximum absolute atomic E-state index is 12.1. The molecule has 20 heavy (non-hydrogen) atoms. The van der Waals surface area contributed by atoms with Gasteiger partial charge in [-0.1, -0.05) is 5.16 Å². The summed E-state index contributed by atoms with van der Waals surface area (Å²) in [5, 5.41) is 9.60. The molecular weight excluding hydrogens is 264 g/mol. The first kappa shape index (κ1) is 12.2. The molecule has 1 amide bonds. The Hall–Kier alpha value is -2.90. The standard InChI is InChI=1S/C12H10N4O4/c13-12-8(15-20-16-12)4-9(17)6-1-2-10-7(3-6)14-11(18)5-19-10/h1-3H,4-5H2,(H2,13,16)(H,14,18). The molecule has 3 rings (SSSR count). The summed E-state index contributed by atoms with van der Waals surface area (Å²) in [6, 6.07) is 4.80. The molecule has 0 spiro atoms. The molecule has 0 saturated heterocycles. The van der Waals surface area contributed by atoms with E-state index < -0.39 is 0 Å².